The van der Waals surface area contributed by atoms with Gasteiger partial charge in [-0.2, -0.15) is 0 Å². The first-order valence-corrected chi connectivity index (χ1v) is 10.5. The SMILES string of the molecule is Cc1ccc(CN2CCN(C3CCN(C(C)C)CC3)C[C@@H]2CCO)cc1. The highest BCUT2D eigenvalue weighted by Gasteiger charge is 2.32. The average Bonchev–Trinajstić information content (AvgIpc) is 2.65. The number of rotatable bonds is 6. The number of likely N-dealkylation sites (tertiary alicyclic amines) is 1. The van der Waals surface area contributed by atoms with Crippen LogP contribution >= 0.6 is 0 Å². The standard InChI is InChI=1S/C22H37N3O/c1-18(2)23-11-8-21(9-12-23)25-14-13-24(22(17-25)10-15-26)16-20-6-4-19(3)5-7-20/h4-7,18,21-22,26H,8-17H2,1-3H3/t22-/m0/s1. The first kappa shape index (κ1) is 19.8. The molecule has 4 nitrogen and oxygen atoms in total. The zero-order valence-corrected chi connectivity index (χ0v) is 16.9. The normalized spacial score (nSPS) is 24.4. The number of aryl methyl sites for hydroxylation is 1. The second kappa shape index (κ2) is 9.32. The van der Waals surface area contributed by atoms with Crippen LogP contribution in [0.5, 0.6) is 0 Å². The maximum atomic E-state index is 9.58. The lowest BCUT2D eigenvalue weighted by atomic mass is 9.98. The Bertz CT molecular complexity index is 537. The molecule has 2 heterocycles. The van der Waals surface area contributed by atoms with E-state index in [1.165, 1.54) is 43.6 Å². The van der Waals surface area contributed by atoms with Crippen molar-refractivity contribution in [3.05, 3.63) is 35.4 Å². The summed E-state index contributed by atoms with van der Waals surface area (Å²) in [4.78, 5) is 7.90. The minimum Gasteiger partial charge on any atom is -0.396 e. The Morgan fingerprint density at radius 3 is 2.35 bits per heavy atom. The van der Waals surface area contributed by atoms with Crippen molar-refractivity contribution in [2.24, 2.45) is 0 Å². The predicted molar refractivity (Wildman–Crippen MR) is 108 cm³/mol. The Labute approximate surface area is 159 Å². The van der Waals surface area contributed by atoms with Crippen LogP contribution in [0.3, 0.4) is 0 Å². The molecule has 4 heteroatoms. The fourth-order valence-electron chi connectivity index (χ4n) is 4.57. The summed E-state index contributed by atoms with van der Waals surface area (Å²) in [7, 11) is 0. The quantitative estimate of drug-likeness (QED) is 0.846. The molecule has 0 aromatic heterocycles. The molecule has 0 aliphatic carbocycles. The molecule has 1 atom stereocenters. The maximum Gasteiger partial charge on any atom is 0.0446 e. The van der Waals surface area contributed by atoms with Crippen LogP contribution in [-0.4, -0.2) is 77.3 Å². The number of aliphatic hydroxyl groups excluding tert-OH is 1. The number of piperazine rings is 1. The fraction of sp³-hybridized carbons (Fsp3) is 0.727. The molecular weight excluding hydrogens is 322 g/mol. The zero-order valence-electron chi connectivity index (χ0n) is 16.9. The molecule has 3 rings (SSSR count). The molecule has 0 unspecified atom stereocenters. The fourth-order valence-corrected chi connectivity index (χ4v) is 4.57. The van der Waals surface area contributed by atoms with Gasteiger partial charge in [-0.05, 0) is 58.7 Å². The van der Waals surface area contributed by atoms with E-state index in [-0.39, 0.29) is 6.61 Å². The van der Waals surface area contributed by atoms with Crippen LogP contribution < -0.4 is 0 Å². The molecule has 2 aliphatic heterocycles. The van der Waals surface area contributed by atoms with Gasteiger partial charge in [0, 0.05) is 50.9 Å². The van der Waals surface area contributed by atoms with Crippen molar-refractivity contribution in [3.8, 4) is 0 Å². The van der Waals surface area contributed by atoms with Gasteiger partial charge in [0.05, 0.1) is 0 Å². The lowest BCUT2D eigenvalue weighted by Gasteiger charge is -2.47. The monoisotopic (exact) mass is 359 g/mol. The van der Waals surface area contributed by atoms with Crippen molar-refractivity contribution in [1.29, 1.82) is 0 Å². The third kappa shape index (κ3) is 5.07. The average molecular weight is 360 g/mol. The van der Waals surface area contributed by atoms with Gasteiger partial charge in [0.2, 0.25) is 0 Å². The maximum absolute atomic E-state index is 9.58. The molecule has 0 amide bonds. The molecule has 2 saturated heterocycles. The number of aliphatic hydroxyl groups is 1. The zero-order chi connectivity index (χ0) is 18.5. The molecule has 0 bridgehead atoms. The van der Waals surface area contributed by atoms with E-state index < -0.39 is 0 Å². The number of hydrogen-bond donors (Lipinski definition) is 1. The number of piperidine rings is 1. The first-order valence-electron chi connectivity index (χ1n) is 10.5. The smallest absolute Gasteiger partial charge is 0.0446 e. The highest BCUT2D eigenvalue weighted by Crippen LogP contribution is 2.23. The Morgan fingerprint density at radius 1 is 1.04 bits per heavy atom. The van der Waals surface area contributed by atoms with Crippen molar-refractivity contribution in [2.45, 2.75) is 64.7 Å². The van der Waals surface area contributed by atoms with Gasteiger partial charge in [-0.15, -0.1) is 0 Å². The Hall–Kier alpha value is -0.940. The van der Waals surface area contributed by atoms with Crippen molar-refractivity contribution in [3.63, 3.8) is 0 Å². The van der Waals surface area contributed by atoms with E-state index in [9.17, 15) is 5.11 Å². The second-order valence-corrected chi connectivity index (χ2v) is 8.48. The molecule has 0 saturated carbocycles. The minimum atomic E-state index is 0.286. The number of nitrogens with zero attached hydrogens (tertiary/aromatic N) is 3. The third-order valence-corrected chi connectivity index (χ3v) is 6.35. The molecule has 26 heavy (non-hydrogen) atoms. The van der Waals surface area contributed by atoms with Crippen molar-refractivity contribution < 1.29 is 5.11 Å². The summed E-state index contributed by atoms with van der Waals surface area (Å²) in [6.45, 7) is 13.9. The summed E-state index contributed by atoms with van der Waals surface area (Å²) in [5.74, 6) is 0. The van der Waals surface area contributed by atoms with E-state index in [0.29, 0.717) is 12.1 Å². The second-order valence-electron chi connectivity index (χ2n) is 8.48. The van der Waals surface area contributed by atoms with Gasteiger partial charge in [-0.1, -0.05) is 29.8 Å². The lowest BCUT2D eigenvalue weighted by molar-refractivity contribution is 0.00989. The molecule has 0 radical (unpaired) electrons. The van der Waals surface area contributed by atoms with Crippen molar-refractivity contribution in [2.75, 3.05) is 39.3 Å². The molecule has 1 aromatic carbocycles. The predicted octanol–water partition coefficient (Wildman–Crippen LogP) is 2.74. The molecule has 0 spiro atoms. The number of benzene rings is 1. The molecular formula is C22H37N3O. The lowest BCUT2D eigenvalue weighted by Crippen LogP contribution is -2.57. The van der Waals surface area contributed by atoms with E-state index in [1.54, 1.807) is 0 Å². The van der Waals surface area contributed by atoms with Crippen LogP contribution in [0, 0.1) is 6.92 Å². The summed E-state index contributed by atoms with van der Waals surface area (Å²) >= 11 is 0. The van der Waals surface area contributed by atoms with Crippen LogP contribution in [0.25, 0.3) is 0 Å². The third-order valence-electron chi connectivity index (χ3n) is 6.35. The molecule has 1 N–H and O–H groups in total. The summed E-state index contributed by atoms with van der Waals surface area (Å²) < 4.78 is 0. The Balaban J connectivity index is 1.56. The van der Waals surface area contributed by atoms with Gasteiger partial charge in [0.15, 0.2) is 0 Å². The Morgan fingerprint density at radius 2 is 1.73 bits per heavy atom. The Kier molecular flexibility index (Phi) is 7.10. The summed E-state index contributed by atoms with van der Waals surface area (Å²) in [5.41, 5.74) is 2.70. The minimum absolute atomic E-state index is 0.286. The van der Waals surface area contributed by atoms with Gasteiger partial charge in [0.1, 0.15) is 0 Å². The van der Waals surface area contributed by atoms with Crippen molar-refractivity contribution in [1.82, 2.24) is 14.7 Å². The van der Waals surface area contributed by atoms with E-state index >= 15 is 0 Å². The summed E-state index contributed by atoms with van der Waals surface area (Å²) in [5, 5.41) is 9.58. The van der Waals surface area contributed by atoms with E-state index in [2.05, 4.69) is 59.7 Å². The van der Waals surface area contributed by atoms with E-state index in [1.807, 2.05) is 0 Å². The van der Waals surface area contributed by atoms with Crippen LogP contribution in [-0.2, 0) is 6.54 Å². The molecule has 2 fully saturated rings. The van der Waals surface area contributed by atoms with E-state index in [0.717, 1.165) is 32.1 Å². The highest BCUT2D eigenvalue weighted by molar-refractivity contribution is 5.21. The van der Waals surface area contributed by atoms with Gasteiger partial charge >= 0.3 is 0 Å². The van der Waals surface area contributed by atoms with Crippen molar-refractivity contribution >= 4 is 0 Å². The van der Waals surface area contributed by atoms with Gasteiger partial charge in [-0.25, -0.2) is 0 Å². The largest absolute Gasteiger partial charge is 0.396 e. The molecule has 2 aliphatic rings. The van der Waals surface area contributed by atoms with Gasteiger partial charge in [-0.3, -0.25) is 9.80 Å². The highest BCUT2D eigenvalue weighted by atomic mass is 16.3. The summed E-state index contributed by atoms with van der Waals surface area (Å²) in [6.07, 6.45) is 3.47. The van der Waals surface area contributed by atoms with E-state index in [4.69, 9.17) is 0 Å². The van der Waals surface area contributed by atoms with Gasteiger partial charge in [0.25, 0.3) is 0 Å². The first-order chi connectivity index (χ1) is 12.6. The summed E-state index contributed by atoms with van der Waals surface area (Å²) in [6, 6.07) is 10.8. The van der Waals surface area contributed by atoms with Gasteiger partial charge < -0.3 is 10.0 Å². The van der Waals surface area contributed by atoms with Crippen LogP contribution in [0.2, 0.25) is 0 Å². The van der Waals surface area contributed by atoms with Crippen LogP contribution in [0.4, 0.5) is 0 Å². The van der Waals surface area contributed by atoms with Crippen LogP contribution in [0.15, 0.2) is 24.3 Å². The molecule has 1 aromatic rings. The number of hydrogen-bond acceptors (Lipinski definition) is 4. The molecule has 146 valence electrons. The topological polar surface area (TPSA) is 30.0 Å². The van der Waals surface area contributed by atoms with Crippen LogP contribution in [0.1, 0.15) is 44.2 Å².